The third-order valence-electron chi connectivity index (χ3n) is 1.04. The van der Waals surface area contributed by atoms with E-state index in [1.165, 1.54) is 12.1 Å². The number of halogens is 2. The van der Waals surface area contributed by atoms with Gasteiger partial charge in [0.1, 0.15) is 0 Å². The van der Waals surface area contributed by atoms with Gasteiger partial charge in [0, 0.05) is 21.7 Å². The van der Waals surface area contributed by atoms with Crippen molar-refractivity contribution >= 4 is 61.4 Å². The fraction of sp³-hybridized carbons (Fsp3) is 0. The average molecular weight is 253 g/mol. The molecular weight excluding hydrogens is 246 g/mol. The van der Waals surface area contributed by atoms with Crippen molar-refractivity contribution in [1.29, 1.82) is 0 Å². The van der Waals surface area contributed by atoms with Gasteiger partial charge in [-0.3, -0.25) is 4.55 Å². The third kappa shape index (κ3) is 6.74. The number of hydrogen-bond donors (Lipinski definition) is 1. The second-order valence-electron chi connectivity index (χ2n) is 1.79. The van der Waals surface area contributed by atoms with Crippen LogP contribution in [-0.2, 0) is 10.1 Å². The molecule has 0 aliphatic carbocycles. The topological polar surface area (TPSA) is 54.4 Å². The predicted molar refractivity (Wildman–Crippen MR) is 55.1 cm³/mol. The van der Waals surface area contributed by atoms with Gasteiger partial charge in [0.2, 0.25) is 0 Å². The number of benzene rings is 1. The van der Waals surface area contributed by atoms with Crippen molar-refractivity contribution in [2.45, 2.75) is 4.90 Å². The average Bonchev–Trinajstić information content (AvgIpc) is 2.08. The van der Waals surface area contributed by atoms with Gasteiger partial charge in [-0.2, -0.15) is 8.42 Å². The van der Waals surface area contributed by atoms with Crippen LogP contribution in [0.4, 0.5) is 0 Å². The summed E-state index contributed by atoms with van der Waals surface area (Å²) in [7, 11) is 4.22. The summed E-state index contributed by atoms with van der Waals surface area (Å²) in [5, 5.41) is 0. The minimum absolute atomic E-state index is 0. The van der Waals surface area contributed by atoms with E-state index in [2.05, 4.69) is 21.7 Å². The normalized spacial score (nSPS) is 9.15. The molecule has 1 aromatic rings. The van der Waals surface area contributed by atoms with Crippen molar-refractivity contribution in [2.75, 3.05) is 0 Å². The maximum atomic E-state index is 10.4. The maximum absolute atomic E-state index is 10.4. The van der Waals surface area contributed by atoms with Crippen LogP contribution in [0.5, 0.6) is 0 Å². The molecule has 0 saturated carbocycles. The molecule has 0 bridgehead atoms. The molecule has 1 aromatic carbocycles. The Morgan fingerprint density at radius 2 is 1.46 bits per heavy atom. The molecule has 0 atom stereocenters. The van der Waals surface area contributed by atoms with E-state index in [1.807, 2.05) is 0 Å². The van der Waals surface area contributed by atoms with Gasteiger partial charge in [-0.05, 0) is 12.1 Å². The van der Waals surface area contributed by atoms with Crippen LogP contribution < -0.4 is 0 Å². The zero-order chi connectivity index (χ0) is 9.61. The SMILES string of the molecule is ClCl.O=S(=O)(O)c1ccccc1.[NaH]. The summed E-state index contributed by atoms with van der Waals surface area (Å²) in [5.41, 5.74) is 0. The van der Waals surface area contributed by atoms with Crippen LogP contribution >= 0.6 is 21.7 Å². The summed E-state index contributed by atoms with van der Waals surface area (Å²) < 4.78 is 29.2. The van der Waals surface area contributed by atoms with Crippen molar-refractivity contribution in [2.24, 2.45) is 0 Å². The summed E-state index contributed by atoms with van der Waals surface area (Å²) in [6.07, 6.45) is 0. The van der Waals surface area contributed by atoms with Crippen molar-refractivity contribution in [3.05, 3.63) is 30.3 Å². The van der Waals surface area contributed by atoms with Gasteiger partial charge in [0.05, 0.1) is 4.90 Å². The molecule has 3 nitrogen and oxygen atoms in total. The molecule has 0 aliphatic rings. The Labute approximate surface area is 109 Å². The Balaban J connectivity index is 0. The Morgan fingerprint density at radius 3 is 1.69 bits per heavy atom. The molecule has 0 spiro atoms. The predicted octanol–water partition coefficient (Wildman–Crippen LogP) is 1.66. The van der Waals surface area contributed by atoms with Gasteiger partial charge >= 0.3 is 29.6 Å². The van der Waals surface area contributed by atoms with Crippen LogP contribution in [0.3, 0.4) is 0 Å². The van der Waals surface area contributed by atoms with Crippen molar-refractivity contribution in [3.63, 3.8) is 0 Å². The molecule has 0 fully saturated rings. The third-order valence-corrected chi connectivity index (χ3v) is 1.91. The van der Waals surface area contributed by atoms with Gasteiger partial charge in [-0.25, -0.2) is 0 Å². The van der Waals surface area contributed by atoms with E-state index >= 15 is 0 Å². The molecule has 0 amide bonds. The minimum atomic E-state index is -4.00. The van der Waals surface area contributed by atoms with Crippen LogP contribution in [-0.4, -0.2) is 42.5 Å². The van der Waals surface area contributed by atoms with Gasteiger partial charge in [0.15, 0.2) is 0 Å². The first kappa shape index (κ1) is 16.2. The van der Waals surface area contributed by atoms with Crippen molar-refractivity contribution in [1.82, 2.24) is 0 Å². The van der Waals surface area contributed by atoms with E-state index in [9.17, 15) is 8.42 Å². The molecule has 0 heterocycles. The Morgan fingerprint density at radius 1 is 1.08 bits per heavy atom. The molecule has 0 aromatic heterocycles. The number of hydrogen-bond acceptors (Lipinski definition) is 2. The fourth-order valence-corrected chi connectivity index (χ4v) is 1.09. The van der Waals surface area contributed by atoms with Crippen LogP contribution in [0.15, 0.2) is 35.2 Å². The van der Waals surface area contributed by atoms with Gasteiger partial charge in [0.25, 0.3) is 10.1 Å². The van der Waals surface area contributed by atoms with Gasteiger partial charge < -0.3 is 0 Å². The first-order chi connectivity index (χ1) is 5.61. The summed E-state index contributed by atoms with van der Waals surface area (Å²) in [6.45, 7) is 0. The summed E-state index contributed by atoms with van der Waals surface area (Å²) in [5.74, 6) is 0. The summed E-state index contributed by atoms with van der Waals surface area (Å²) in [4.78, 5) is -0.0741. The molecule has 1 N–H and O–H groups in total. The van der Waals surface area contributed by atoms with Crippen LogP contribution in [0.2, 0.25) is 0 Å². The van der Waals surface area contributed by atoms with Crippen LogP contribution in [0.1, 0.15) is 0 Å². The summed E-state index contributed by atoms with van der Waals surface area (Å²) >= 11 is 0. The van der Waals surface area contributed by atoms with E-state index in [4.69, 9.17) is 4.55 Å². The first-order valence-corrected chi connectivity index (χ1v) is 5.36. The Kier molecular flexibility index (Phi) is 10.0. The quantitative estimate of drug-likeness (QED) is 0.611. The van der Waals surface area contributed by atoms with E-state index in [0.717, 1.165) is 0 Å². The molecule has 7 heteroatoms. The molecule has 0 radical (unpaired) electrons. The van der Waals surface area contributed by atoms with Crippen molar-refractivity contribution < 1.29 is 13.0 Å². The second-order valence-corrected chi connectivity index (χ2v) is 3.21. The fourth-order valence-electron chi connectivity index (χ4n) is 0.592. The first-order valence-electron chi connectivity index (χ1n) is 2.77. The van der Waals surface area contributed by atoms with Gasteiger partial charge in [-0.15, -0.1) is 0 Å². The molecule has 0 unspecified atom stereocenters. The zero-order valence-corrected chi connectivity index (χ0v) is 8.14. The number of rotatable bonds is 1. The summed E-state index contributed by atoms with van der Waals surface area (Å²) in [6, 6.07) is 7.42. The second kappa shape index (κ2) is 8.05. The monoisotopic (exact) mass is 252 g/mol. The van der Waals surface area contributed by atoms with Gasteiger partial charge in [-0.1, -0.05) is 18.2 Å². The molecule has 0 saturated heterocycles. The molecule has 0 aliphatic heterocycles. The van der Waals surface area contributed by atoms with Crippen molar-refractivity contribution in [3.8, 4) is 0 Å². The molecule has 13 heavy (non-hydrogen) atoms. The van der Waals surface area contributed by atoms with Crippen LogP contribution in [0, 0.1) is 0 Å². The zero-order valence-electron chi connectivity index (χ0n) is 5.81. The van der Waals surface area contributed by atoms with E-state index in [-0.39, 0.29) is 34.5 Å². The van der Waals surface area contributed by atoms with Crippen LogP contribution in [0.25, 0.3) is 0 Å². The Hall–Kier alpha value is 0.710. The standard InChI is InChI=1S/C6H6O3S.Cl2.Na.H/c7-10(8,9)6-4-2-1-3-5-6;1-2;;/h1-5H,(H,7,8,9);;;. The molecule has 70 valence electrons. The van der Waals surface area contributed by atoms with E-state index in [0.29, 0.717) is 0 Å². The Bertz CT molecular complexity index is 314. The van der Waals surface area contributed by atoms with E-state index in [1.54, 1.807) is 18.2 Å². The molecule has 1 rings (SSSR count). The molecular formula is C6H7Cl2NaO3S. The van der Waals surface area contributed by atoms with E-state index < -0.39 is 10.1 Å².